The van der Waals surface area contributed by atoms with Crippen molar-refractivity contribution in [3.8, 4) is 0 Å². The summed E-state index contributed by atoms with van der Waals surface area (Å²) in [4.78, 5) is 13.1. The first-order valence-electron chi connectivity index (χ1n) is 9.70. The van der Waals surface area contributed by atoms with Crippen LogP contribution in [0.15, 0.2) is 0 Å². The standard InChI is InChI=1S/C20H32O/c1-2-17-5-3-4-6-18(17)19(21)13-20-10-14-7-15(11-20)9-16(8-14)12-20/h14-18H,2-13H2,1H3. The average molecular weight is 288 g/mol. The first-order chi connectivity index (χ1) is 10.2. The number of hydrogen-bond donors (Lipinski definition) is 0. The van der Waals surface area contributed by atoms with E-state index in [2.05, 4.69) is 6.92 Å². The molecule has 0 saturated heterocycles. The van der Waals surface area contributed by atoms with Gasteiger partial charge in [0.05, 0.1) is 0 Å². The van der Waals surface area contributed by atoms with Crippen LogP contribution in [0.4, 0.5) is 0 Å². The van der Waals surface area contributed by atoms with Crippen LogP contribution in [-0.2, 0) is 4.79 Å². The molecule has 2 unspecified atom stereocenters. The van der Waals surface area contributed by atoms with Gasteiger partial charge in [-0.2, -0.15) is 0 Å². The molecule has 21 heavy (non-hydrogen) atoms. The molecule has 0 amide bonds. The van der Waals surface area contributed by atoms with Gasteiger partial charge in [0.25, 0.3) is 0 Å². The second-order valence-corrected chi connectivity index (χ2v) is 9.12. The molecule has 5 aliphatic carbocycles. The SMILES string of the molecule is CCC1CCCCC1C(=O)CC12CC3CC(CC(C3)C1)C2. The molecule has 5 aliphatic rings. The summed E-state index contributed by atoms with van der Waals surface area (Å²) in [6.07, 6.45) is 16.0. The van der Waals surface area contributed by atoms with E-state index >= 15 is 0 Å². The van der Waals surface area contributed by atoms with Gasteiger partial charge in [-0.25, -0.2) is 0 Å². The molecule has 0 spiro atoms. The second kappa shape index (κ2) is 5.39. The summed E-state index contributed by atoms with van der Waals surface area (Å²) in [7, 11) is 0. The molecule has 5 saturated carbocycles. The maximum atomic E-state index is 13.1. The molecule has 118 valence electrons. The minimum Gasteiger partial charge on any atom is -0.299 e. The lowest BCUT2D eigenvalue weighted by atomic mass is 9.48. The first kappa shape index (κ1) is 14.3. The van der Waals surface area contributed by atoms with Gasteiger partial charge in [0.2, 0.25) is 0 Å². The number of ketones is 1. The molecule has 0 aromatic heterocycles. The molecule has 5 rings (SSSR count). The number of Topliss-reactive ketones (excluding diaryl/α,β-unsaturated/α-hetero) is 1. The lowest BCUT2D eigenvalue weighted by Crippen LogP contribution is -2.47. The summed E-state index contributed by atoms with van der Waals surface area (Å²) < 4.78 is 0. The Morgan fingerprint density at radius 1 is 0.952 bits per heavy atom. The Morgan fingerprint density at radius 3 is 2.10 bits per heavy atom. The van der Waals surface area contributed by atoms with Gasteiger partial charge in [0, 0.05) is 12.3 Å². The third kappa shape index (κ3) is 2.59. The summed E-state index contributed by atoms with van der Waals surface area (Å²) in [6, 6.07) is 0. The van der Waals surface area contributed by atoms with E-state index in [-0.39, 0.29) is 0 Å². The fraction of sp³-hybridized carbons (Fsp3) is 0.950. The largest absolute Gasteiger partial charge is 0.299 e. The molecule has 0 heterocycles. The Kier molecular flexibility index (Phi) is 3.66. The topological polar surface area (TPSA) is 17.1 Å². The Balaban J connectivity index is 1.46. The van der Waals surface area contributed by atoms with Crippen LogP contribution in [0.25, 0.3) is 0 Å². The van der Waals surface area contributed by atoms with E-state index in [1.54, 1.807) is 0 Å². The molecule has 4 bridgehead atoms. The summed E-state index contributed by atoms with van der Waals surface area (Å²) in [5, 5.41) is 0. The molecule has 0 aromatic carbocycles. The van der Waals surface area contributed by atoms with Crippen LogP contribution in [0, 0.1) is 35.0 Å². The Morgan fingerprint density at radius 2 is 1.52 bits per heavy atom. The molecule has 0 radical (unpaired) electrons. The molecule has 1 heteroatoms. The van der Waals surface area contributed by atoms with Crippen molar-refractivity contribution >= 4 is 5.78 Å². The predicted octanol–water partition coefficient (Wildman–Crippen LogP) is 5.38. The molecule has 5 fully saturated rings. The van der Waals surface area contributed by atoms with Crippen LogP contribution in [0.1, 0.15) is 84.0 Å². The molecule has 0 N–H and O–H groups in total. The van der Waals surface area contributed by atoms with Gasteiger partial charge in [0.15, 0.2) is 0 Å². The van der Waals surface area contributed by atoms with Crippen molar-refractivity contribution in [3.63, 3.8) is 0 Å². The van der Waals surface area contributed by atoms with Crippen LogP contribution >= 0.6 is 0 Å². The summed E-state index contributed by atoms with van der Waals surface area (Å²) in [5.74, 6) is 4.76. The van der Waals surface area contributed by atoms with Gasteiger partial charge >= 0.3 is 0 Å². The van der Waals surface area contributed by atoms with E-state index in [1.807, 2.05) is 0 Å². The highest BCUT2D eigenvalue weighted by Crippen LogP contribution is 2.61. The minimum atomic E-state index is 0.428. The van der Waals surface area contributed by atoms with Gasteiger partial charge in [0.1, 0.15) is 5.78 Å². The third-order valence-corrected chi connectivity index (χ3v) is 7.56. The monoisotopic (exact) mass is 288 g/mol. The predicted molar refractivity (Wildman–Crippen MR) is 86.0 cm³/mol. The fourth-order valence-electron chi connectivity index (χ4n) is 7.13. The van der Waals surface area contributed by atoms with Crippen molar-refractivity contribution in [3.05, 3.63) is 0 Å². The Hall–Kier alpha value is -0.330. The van der Waals surface area contributed by atoms with Crippen molar-refractivity contribution in [2.45, 2.75) is 84.0 Å². The molecular weight excluding hydrogens is 256 g/mol. The van der Waals surface area contributed by atoms with Crippen LogP contribution in [-0.4, -0.2) is 5.78 Å². The third-order valence-electron chi connectivity index (χ3n) is 7.56. The maximum absolute atomic E-state index is 13.1. The Bertz CT molecular complexity index is 375. The number of carbonyl (C=O) groups excluding carboxylic acids is 1. The lowest BCUT2D eigenvalue weighted by molar-refractivity contribution is -0.134. The lowest BCUT2D eigenvalue weighted by Gasteiger charge is -2.57. The molecule has 0 aromatic rings. The van der Waals surface area contributed by atoms with E-state index in [1.165, 1.54) is 70.6 Å². The highest BCUT2D eigenvalue weighted by Gasteiger charge is 2.52. The van der Waals surface area contributed by atoms with Crippen molar-refractivity contribution < 1.29 is 4.79 Å². The van der Waals surface area contributed by atoms with Crippen LogP contribution < -0.4 is 0 Å². The van der Waals surface area contributed by atoms with Crippen molar-refractivity contribution in [2.75, 3.05) is 0 Å². The molecule has 2 atom stereocenters. The fourth-order valence-corrected chi connectivity index (χ4v) is 7.13. The smallest absolute Gasteiger partial charge is 0.136 e. The highest BCUT2D eigenvalue weighted by molar-refractivity contribution is 5.82. The summed E-state index contributed by atoms with van der Waals surface area (Å²) in [6.45, 7) is 2.29. The zero-order chi connectivity index (χ0) is 14.4. The Labute approximate surface area is 130 Å². The summed E-state index contributed by atoms with van der Waals surface area (Å²) in [5.41, 5.74) is 0.460. The first-order valence-corrected chi connectivity index (χ1v) is 9.70. The van der Waals surface area contributed by atoms with Gasteiger partial charge < -0.3 is 0 Å². The van der Waals surface area contributed by atoms with Gasteiger partial charge in [-0.05, 0) is 80.5 Å². The highest BCUT2D eigenvalue weighted by atomic mass is 16.1. The molecule has 0 aliphatic heterocycles. The van der Waals surface area contributed by atoms with E-state index in [4.69, 9.17) is 0 Å². The van der Waals surface area contributed by atoms with Crippen molar-refractivity contribution in [1.29, 1.82) is 0 Å². The number of hydrogen-bond acceptors (Lipinski definition) is 1. The normalized spacial score (nSPS) is 48.5. The average Bonchev–Trinajstić information content (AvgIpc) is 2.45. The quantitative estimate of drug-likeness (QED) is 0.679. The van der Waals surface area contributed by atoms with Crippen LogP contribution in [0.3, 0.4) is 0 Å². The second-order valence-electron chi connectivity index (χ2n) is 9.12. The van der Waals surface area contributed by atoms with E-state index in [0.717, 1.165) is 24.2 Å². The van der Waals surface area contributed by atoms with Crippen LogP contribution in [0.2, 0.25) is 0 Å². The van der Waals surface area contributed by atoms with Gasteiger partial charge in [-0.15, -0.1) is 0 Å². The number of rotatable bonds is 4. The van der Waals surface area contributed by atoms with E-state index < -0.39 is 0 Å². The molecule has 1 nitrogen and oxygen atoms in total. The van der Waals surface area contributed by atoms with Crippen molar-refractivity contribution in [2.24, 2.45) is 35.0 Å². The van der Waals surface area contributed by atoms with Crippen molar-refractivity contribution in [1.82, 2.24) is 0 Å². The molecular formula is C20H32O. The zero-order valence-corrected chi connectivity index (χ0v) is 13.8. The zero-order valence-electron chi connectivity index (χ0n) is 13.8. The van der Waals surface area contributed by atoms with E-state index in [9.17, 15) is 4.79 Å². The summed E-state index contributed by atoms with van der Waals surface area (Å²) >= 11 is 0. The van der Waals surface area contributed by atoms with E-state index in [0.29, 0.717) is 23.0 Å². The number of carbonyl (C=O) groups is 1. The minimum absolute atomic E-state index is 0.428. The van der Waals surface area contributed by atoms with Crippen LogP contribution in [0.5, 0.6) is 0 Å². The van der Waals surface area contributed by atoms with Gasteiger partial charge in [-0.1, -0.05) is 26.2 Å². The van der Waals surface area contributed by atoms with Gasteiger partial charge in [-0.3, -0.25) is 4.79 Å². The maximum Gasteiger partial charge on any atom is 0.136 e.